The lowest BCUT2D eigenvalue weighted by molar-refractivity contribution is -0.00201. The monoisotopic (exact) mass is 236 g/mol. The molecule has 3 rings (SSSR count). The molecule has 0 amide bonds. The maximum absolute atomic E-state index is 5.93. The van der Waals surface area contributed by atoms with E-state index >= 15 is 0 Å². The topological polar surface area (TPSA) is 47.3 Å². The number of piperidine rings is 1. The van der Waals surface area contributed by atoms with Gasteiger partial charge in [0.25, 0.3) is 0 Å². The van der Waals surface area contributed by atoms with E-state index in [-0.39, 0.29) is 5.60 Å². The van der Waals surface area contributed by atoms with Crippen LogP contribution in [0.2, 0.25) is 0 Å². The minimum atomic E-state index is -0.243. The van der Waals surface area contributed by atoms with Crippen LogP contribution in [-0.4, -0.2) is 24.7 Å². The van der Waals surface area contributed by atoms with Crippen LogP contribution >= 0.6 is 0 Å². The molecule has 1 aromatic rings. The molecule has 0 radical (unpaired) electrons. The van der Waals surface area contributed by atoms with Crippen LogP contribution in [-0.2, 0) is 10.3 Å². The molecule has 17 heavy (non-hydrogen) atoms. The van der Waals surface area contributed by atoms with E-state index in [1.165, 1.54) is 12.8 Å². The third kappa shape index (κ3) is 2.11. The predicted molar refractivity (Wildman–Crippen MR) is 63.9 cm³/mol. The zero-order valence-corrected chi connectivity index (χ0v) is 10.4. The number of nitrogens with one attached hydrogen (secondary N) is 1. The fourth-order valence-electron chi connectivity index (χ4n) is 2.76. The summed E-state index contributed by atoms with van der Waals surface area (Å²) in [6.45, 7) is 5.03. The average molecular weight is 236 g/mol. The van der Waals surface area contributed by atoms with Gasteiger partial charge in [-0.15, -0.1) is 0 Å². The summed E-state index contributed by atoms with van der Waals surface area (Å²) in [5.74, 6) is 2.21. The Balaban J connectivity index is 1.77. The van der Waals surface area contributed by atoms with E-state index in [2.05, 4.69) is 17.2 Å². The lowest BCUT2D eigenvalue weighted by atomic mass is 10.00. The van der Waals surface area contributed by atoms with Gasteiger partial charge in [0.2, 0.25) is 0 Å². The number of oxazole rings is 1. The Labute approximate surface area is 102 Å². The molecule has 4 nitrogen and oxygen atoms in total. The molecule has 2 unspecified atom stereocenters. The first-order valence-electron chi connectivity index (χ1n) is 6.59. The summed E-state index contributed by atoms with van der Waals surface area (Å²) in [6.07, 6.45) is 6.37. The molecule has 4 heteroatoms. The molecule has 0 aliphatic carbocycles. The predicted octanol–water partition coefficient (Wildman–Crippen LogP) is 2.17. The summed E-state index contributed by atoms with van der Waals surface area (Å²) in [5, 5.41) is 3.39. The van der Waals surface area contributed by atoms with Crippen molar-refractivity contribution in [2.75, 3.05) is 19.7 Å². The zero-order valence-electron chi connectivity index (χ0n) is 10.4. The molecule has 2 aliphatic heterocycles. The highest BCUT2D eigenvalue weighted by Gasteiger charge is 2.36. The Morgan fingerprint density at radius 1 is 1.47 bits per heavy atom. The van der Waals surface area contributed by atoms with Gasteiger partial charge in [-0.25, -0.2) is 4.98 Å². The van der Waals surface area contributed by atoms with Gasteiger partial charge >= 0.3 is 0 Å². The van der Waals surface area contributed by atoms with E-state index in [1.807, 2.05) is 6.20 Å². The molecule has 1 aromatic heterocycles. The largest absolute Gasteiger partial charge is 0.442 e. The Bertz CT molecular complexity index is 377. The van der Waals surface area contributed by atoms with Crippen molar-refractivity contribution < 1.29 is 9.15 Å². The third-order valence-corrected chi connectivity index (χ3v) is 3.91. The molecular formula is C13H20N2O2. The van der Waals surface area contributed by atoms with Crippen LogP contribution in [0.5, 0.6) is 0 Å². The van der Waals surface area contributed by atoms with Crippen LogP contribution in [0.1, 0.15) is 50.2 Å². The van der Waals surface area contributed by atoms with Crippen molar-refractivity contribution in [3.8, 4) is 0 Å². The van der Waals surface area contributed by atoms with E-state index in [1.54, 1.807) is 0 Å². The van der Waals surface area contributed by atoms with E-state index in [0.29, 0.717) is 5.92 Å². The molecular weight excluding hydrogens is 216 g/mol. The number of ether oxygens (including phenoxy) is 1. The normalized spacial score (nSPS) is 34.1. The summed E-state index contributed by atoms with van der Waals surface area (Å²) in [7, 11) is 0. The molecule has 2 atom stereocenters. The second-order valence-corrected chi connectivity index (χ2v) is 5.29. The first kappa shape index (κ1) is 11.2. The first-order chi connectivity index (χ1) is 8.28. The molecule has 0 bridgehead atoms. The summed E-state index contributed by atoms with van der Waals surface area (Å²) in [6, 6.07) is 0. The maximum atomic E-state index is 5.93. The molecule has 2 fully saturated rings. The third-order valence-electron chi connectivity index (χ3n) is 3.91. The number of rotatable bonds is 2. The SMILES string of the molecule is CC1(c2cnc(C3CCCNC3)o2)CCCO1. The van der Waals surface area contributed by atoms with E-state index in [0.717, 1.165) is 44.2 Å². The van der Waals surface area contributed by atoms with Gasteiger partial charge in [-0.3, -0.25) is 0 Å². The fourth-order valence-corrected chi connectivity index (χ4v) is 2.76. The van der Waals surface area contributed by atoms with Crippen molar-refractivity contribution in [2.45, 2.75) is 44.1 Å². The number of nitrogens with zero attached hydrogens (tertiary/aromatic N) is 1. The van der Waals surface area contributed by atoms with Crippen LogP contribution in [0.3, 0.4) is 0 Å². The minimum Gasteiger partial charge on any atom is -0.442 e. The van der Waals surface area contributed by atoms with Gasteiger partial charge < -0.3 is 14.5 Å². The first-order valence-corrected chi connectivity index (χ1v) is 6.59. The second kappa shape index (κ2) is 4.42. The molecule has 0 spiro atoms. The molecule has 1 N–H and O–H groups in total. The van der Waals surface area contributed by atoms with E-state index in [9.17, 15) is 0 Å². The van der Waals surface area contributed by atoms with Gasteiger partial charge in [0.05, 0.1) is 6.20 Å². The molecule has 0 aromatic carbocycles. The van der Waals surface area contributed by atoms with Crippen molar-refractivity contribution in [2.24, 2.45) is 0 Å². The summed E-state index contributed by atoms with van der Waals surface area (Å²) in [5.41, 5.74) is -0.243. The second-order valence-electron chi connectivity index (χ2n) is 5.29. The van der Waals surface area contributed by atoms with E-state index < -0.39 is 0 Å². The van der Waals surface area contributed by atoms with Gasteiger partial charge in [0.1, 0.15) is 5.60 Å². The van der Waals surface area contributed by atoms with Gasteiger partial charge in [-0.1, -0.05) is 0 Å². The Morgan fingerprint density at radius 2 is 2.41 bits per heavy atom. The molecule has 2 aliphatic rings. The standard InChI is InChI=1S/C13H20N2O2/c1-13(5-3-7-16-13)11-9-15-12(17-11)10-4-2-6-14-8-10/h9-10,14H,2-8H2,1H3. The highest BCUT2D eigenvalue weighted by molar-refractivity contribution is 5.09. The van der Waals surface area contributed by atoms with Crippen molar-refractivity contribution in [1.29, 1.82) is 0 Å². The highest BCUT2D eigenvalue weighted by atomic mass is 16.5. The van der Waals surface area contributed by atoms with Crippen LogP contribution in [0.25, 0.3) is 0 Å². The van der Waals surface area contributed by atoms with Crippen molar-refractivity contribution in [3.05, 3.63) is 17.8 Å². The quantitative estimate of drug-likeness (QED) is 0.855. The number of hydrogen-bond acceptors (Lipinski definition) is 4. The van der Waals surface area contributed by atoms with Crippen LogP contribution in [0.4, 0.5) is 0 Å². The Hall–Kier alpha value is -0.870. The van der Waals surface area contributed by atoms with Crippen LogP contribution in [0.15, 0.2) is 10.6 Å². The summed E-state index contributed by atoms with van der Waals surface area (Å²) in [4.78, 5) is 4.44. The smallest absolute Gasteiger partial charge is 0.198 e. The van der Waals surface area contributed by atoms with Crippen molar-refractivity contribution >= 4 is 0 Å². The van der Waals surface area contributed by atoms with Gasteiger partial charge in [-0.05, 0) is 39.2 Å². The number of hydrogen-bond donors (Lipinski definition) is 1. The lowest BCUT2D eigenvalue weighted by Gasteiger charge is -2.21. The summed E-state index contributed by atoms with van der Waals surface area (Å²) < 4.78 is 11.7. The average Bonchev–Trinajstić information content (AvgIpc) is 2.99. The molecule has 2 saturated heterocycles. The van der Waals surface area contributed by atoms with Gasteiger partial charge in [-0.2, -0.15) is 0 Å². The van der Waals surface area contributed by atoms with Crippen LogP contribution in [0, 0.1) is 0 Å². The molecule has 0 saturated carbocycles. The zero-order chi connectivity index (χ0) is 11.7. The molecule has 3 heterocycles. The fraction of sp³-hybridized carbons (Fsp3) is 0.769. The van der Waals surface area contributed by atoms with Gasteiger partial charge in [0, 0.05) is 19.1 Å². The van der Waals surface area contributed by atoms with Gasteiger partial charge in [0.15, 0.2) is 11.7 Å². The maximum Gasteiger partial charge on any atom is 0.198 e. The Kier molecular flexibility index (Phi) is 2.92. The minimum absolute atomic E-state index is 0.243. The number of aromatic nitrogens is 1. The van der Waals surface area contributed by atoms with E-state index in [4.69, 9.17) is 9.15 Å². The summed E-state index contributed by atoms with van der Waals surface area (Å²) >= 11 is 0. The Morgan fingerprint density at radius 3 is 3.12 bits per heavy atom. The lowest BCUT2D eigenvalue weighted by Crippen LogP contribution is -2.28. The highest BCUT2D eigenvalue weighted by Crippen LogP contribution is 2.37. The molecule has 94 valence electrons. The van der Waals surface area contributed by atoms with Crippen molar-refractivity contribution in [1.82, 2.24) is 10.3 Å². The van der Waals surface area contributed by atoms with Crippen molar-refractivity contribution in [3.63, 3.8) is 0 Å². The van der Waals surface area contributed by atoms with Crippen LogP contribution < -0.4 is 5.32 Å².